The van der Waals surface area contributed by atoms with Crippen LogP contribution in [0.4, 0.5) is 0 Å². The van der Waals surface area contributed by atoms with Gasteiger partial charge in [-0.1, -0.05) is 24.3 Å². The third kappa shape index (κ3) is 3.42. The molecule has 1 aliphatic heterocycles. The molecule has 0 bridgehead atoms. The number of benzene rings is 2. The Balaban J connectivity index is 1.95. The SMILES string of the molecule is CCOC(=O)c1nn(-c2cccc(S(=O)(=O)N(C)C)c2)c2c1CSc1ccccc1-2. The molecule has 1 aromatic heterocycles. The Labute approximate surface area is 179 Å². The number of sulfonamides is 1. The van der Waals surface area contributed by atoms with E-state index < -0.39 is 16.0 Å². The first kappa shape index (κ1) is 20.6. The number of hydrogen-bond donors (Lipinski definition) is 0. The van der Waals surface area contributed by atoms with Crippen LogP contribution in [0.25, 0.3) is 16.9 Å². The Morgan fingerprint density at radius 2 is 1.97 bits per heavy atom. The van der Waals surface area contributed by atoms with Gasteiger partial charge < -0.3 is 4.74 Å². The van der Waals surface area contributed by atoms with Gasteiger partial charge in [-0.2, -0.15) is 5.10 Å². The minimum absolute atomic E-state index is 0.158. The Morgan fingerprint density at radius 1 is 1.20 bits per heavy atom. The van der Waals surface area contributed by atoms with Crippen LogP contribution in [0.1, 0.15) is 23.0 Å². The summed E-state index contributed by atoms with van der Waals surface area (Å²) < 4.78 is 33.3. The van der Waals surface area contributed by atoms with Gasteiger partial charge in [0.1, 0.15) is 0 Å². The summed E-state index contributed by atoms with van der Waals surface area (Å²) in [6, 6.07) is 14.5. The molecule has 156 valence electrons. The summed E-state index contributed by atoms with van der Waals surface area (Å²) in [6.45, 7) is 2.00. The van der Waals surface area contributed by atoms with Crippen molar-refractivity contribution in [1.82, 2.24) is 14.1 Å². The zero-order valence-electron chi connectivity index (χ0n) is 16.8. The summed E-state index contributed by atoms with van der Waals surface area (Å²) in [4.78, 5) is 13.8. The van der Waals surface area contributed by atoms with Crippen molar-refractivity contribution < 1.29 is 17.9 Å². The van der Waals surface area contributed by atoms with E-state index in [9.17, 15) is 13.2 Å². The molecule has 2 aromatic carbocycles. The number of fused-ring (bicyclic) bond motifs is 3. The zero-order chi connectivity index (χ0) is 21.5. The zero-order valence-corrected chi connectivity index (χ0v) is 18.5. The molecule has 3 aromatic rings. The predicted molar refractivity (Wildman–Crippen MR) is 115 cm³/mol. The highest BCUT2D eigenvalue weighted by atomic mass is 32.2. The summed E-state index contributed by atoms with van der Waals surface area (Å²) in [5.41, 5.74) is 3.35. The maximum atomic E-state index is 12.6. The number of hydrogen-bond acceptors (Lipinski definition) is 6. The first-order valence-electron chi connectivity index (χ1n) is 9.38. The van der Waals surface area contributed by atoms with Gasteiger partial charge in [0.25, 0.3) is 0 Å². The van der Waals surface area contributed by atoms with Crippen LogP contribution in [-0.4, -0.2) is 49.2 Å². The second-order valence-electron chi connectivity index (χ2n) is 6.88. The summed E-state index contributed by atoms with van der Waals surface area (Å²) in [5, 5.41) is 4.57. The summed E-state index contributed by atoms with van der Waals surface area (Å²) in [7, 11) is -0.630. The number of ether oxygens (including phenoxy) is 1. The van der Waals surface area contributed by atoms with Crippen LogP contribution in [0, 0.1) is 0 Å². The van der Waals surface area contributed by atoms with E-state index in [0.29, 0.717) is 11.4 Å². The van der Waals surface area contributed by atoms with Gasteiger partial charge in [0, 0.05) is 35.9 Å². The van der Waals surface area contributed by atoms with Crippen LogP contribution in [0.5, 0.6) is 0 Å². The lowest BCUT2D eigenvalue weighted by molar-refractivity contribution is 0.0518. The second kappa shape index (κ2) is 7.90. The van der Waals surface area contributed by atoms with Crippen LogP contribution in [0.3, 0.4) is 0 Å². The normalized spacial score (nSPS) is 13.1. The van der Waals surface area contributed by atoms with E-state index in [1.54, 1.807) is 47.6 Å². The third-order valence-corrected chi connectivity index (χ3v) is 7.72. The minimum atomic E-state index is -3.61. The van der Waals surface area contributed by atoms with E-state index in [1.165, 1.54) is 18.4 Å². The molecule has 0 fully saturated rings. The molecule has 0 spiro atoms. The fourth-order valence-corrected chi connectivity index (χ4v) is 5.35. The van der Waals surface area contributed by atoms with Gasteiger partial charge in [0.2, 0.25) is 10.0 Å². The van der Waals surface area contributed by atoms with E-state index in [4.69, 9.17) is 4.74 Å². The van der Waals surface area contributed by atoms with Crippen molar-refractivity contribution in [2.75, 3.05) is 20.7 Å². The molecule has 0 radical (unpaired) electrons. The van der Waals surface area contributed by atoms with Crippen molar-refractivity contribution in [3.63, 3.8) is 0 Å². The number of aromatic nitrogens is 2. The van der Waals surface area contributed by atoms with Crippen molar-refractivity contribution in [2.24, 2.45) is 0 Å². The second-order valence-corrected chi connectivity index (χ2v) is 10.0. The van der Waals surface area contributed by atoms with Crippen LogP contribution >= 0.6 is 11.8 Å². The summed E-state index contributed by atoms with van der Waals surface area (Å²) >= 11 is 1.64. The van der Waals surface area contributed by atoms with Gasteiger partial charge in [0.05, 0.1) is 22.9 Å². The maximum absolute atomic E-state index is 12.6. The van der Waals surface area contributed by atoms with Crippen molar-refractivity contribution in [3.05, 3.63) is 59.8 Å². The van der Waals surface area contributed by atoms with Gasteiger partial charge in [-0.25, -0.2) is 22.2 Å². The molecule has 0 unspecified atom stereocenters. The van der Waals surface area contributed by atoms with Crippen molar-refractivity contribution in [2.45, 2.75) is 22.5 Å². The first-order valence-corrected chi connectivity index (χ1v) is 11.8. The molecule has 0 saturated carbocycles. The average molecular weight is 444 g/mol. The lowest BCUT2D eigenvalue weighted by Crippen LogP contribution is -2.22. The lowest BCUT2D eigenvalue weighted by Gasteiger charge is -2.18. The van der Waals surface area contributed by atoms with Crippen molar-refractivity contribution >= 4 is 27.8 Å². The minimum Gasteiger partial charge on any atom is -0.461 e. The number of carbonyl (C=O) groups excluding carboxylic acids is 1. The van der Waals surface area contributed by atoms with Gasteiger partial charge in [0.15, 0.2) is 5.69 Å². The molecule has 2 heterocycles. The molecular formula is C21H21N3O4S2. The highest BCUT2D eigenvalue weighted by Gasteiger charge is 2.30. The molecule has 4 rings (SSSR count). The predicted octanol–water partition coefficient (Wildman–Crippen LogP) is 3.57. The van der Waals surface area contributed by atoms with E-state index in [-0.39, 0.29) is 17.2 Å². The number of carbonyl (C=O) groups is 1. The number of nitrogens with zero attached hydrogens (tertiary/aromatic N) is 3. The first-order chi connectivity index (χ1) is 14.3. The van der Waals surface area contributed by atoms with Crippen molar-refractivity contribution in [1.29, 1.82) is 0 Å². The van der Waals surface area contributed by atoms with Gasteiger partial charge in [-0.15, -0.1) is 11.8 Å². The molecule has 0 saturated heterocycles. The maximum Gasteiger partial charge on any atom is 0.359 e. The third-order valence-electron chi connectivity index (χ3n) is 4.81. The van der Waals surface area contributed by atoms with Crippen molar-refractivity contribution in [3.8, 4) is 16.9 Å². The molecule has 1 aliphatic rings. The number of esters is 1. The molecule has 0 aliphatic carbocycles. The highest BCUT2D eigenvalue weighted by Crippen LogP contribution is 2.43. The molecule has 0 N–H and O–H groups in total. The molecule has 0 atom stereocenters. The van der Waals surface area contributed by atoms with Crippen LogP contribution < -0.4 is 0 Å². The molecule has 0 amide bonds. The quantitative estimate of drug-likeness (QED) is 0.561. The summed E-state index contributed by atoms with van der Waals surface area (Å²) in [5.74, 6) is 0.0976. The standard InChI is InChI=1S/C21H21N3O4S2/c1-4-28-21(25)19-17-13-29-18-11-6-5-10-16(18)20(17)24(22-19)14-8-7-9-15(12-14)30(26,27)23(2)3/h5-12H,4,13H2,1-3H3. The van der Waals surface area contributed by atoms with Gasteiger partial charge >= 0.3 is 5.97 Å². The van der Waals surface area contributed by atoms with Crippen LogP contribution in [0.15, 0.2) is 58.3 Å². The fraction of sp³-hybridized carbons (Fsp3) is 0.238. The summed E-state index contributed by atoms with van der Waals surface area (Å²) in [6.07, 6.45) is 0. The number of thioether (sulfide) groups is 1. The topological polar surface area (TPSA) is 81.5 Å². The highest BCUT2D eigenvalue weighted by molar-refractivity contribution is 7.98. The molecule has 9 heteroatoms. The Kier molecular flexibility index (Phi) is 5.44. The smallest absolute Gasteiger partial charge is 0.359 e. The lowest BCUT2D eigenvalue weighted by atomic mass is 10.1. The molecular weight excluding hydrogens is 422 g/mol. The molecule has 30 heavy (non-hydrogen) atoms. The van der Waals surface area contributed by atoms with Crippen LogP contribution in [0.2, 0.25) is 0 Å². The van der Waals surface area contributed by atoms with Gasteiger partial charge in [-0.3, -0.25) is 0 Å². The Hall–Kier alpha value is -2.62. The van der Waals surface area contributed by atoms with E-state index in [2.05, 4.69) is 5.10 Å². The van der Waals surface area contributed by atoms with E-state index in [1.807, 2.05) is 24.3 Å². The van der Waals surface area contributed by atoms with E-state index in [0.717, 1.165) is 21.7 Å². The van der Waals surface area contributed by atoms with Crippen LogP contribution in [-0.2, 0) is 20.5 Å². The number of rotatable bonds is 5. The Bertz CT molecular complexity index is 1230. The monoisotopic (exact) mass is 443 g/mol. The fourth-order valence-electron chi connectivity index (χ4n) is 3.34. The molecule has 7 nitrogen and oxygen atoms in total. The largest absolute Gasteiger partial charge is 0.461 e. The Morgan fingerprint density at radius 3 is 2.70 bits per heavy atom. The van der Waals surface area contributed by atoms with E-state index >= 15 is 0 Å². The average Bonchev–Trinajstić information content (AvgIpc) is 3.14. The van der Waals surface area contributed by atoms with Gasteiger partial charge in [-0.05, 0) is 31.2 Å².